The summed E-state index contributed by atoms with van der Waals surface area (Å²) in [6.45, 7) is 1.70. The third-order valence-electron chi connectivity index (χ3n) is 3.38. The molecule has 3 nitrogen and oxygen atoms in total. The zero-order chi connectivity index (χ0) is 11.5. The topological polar surface area (TPSA) is 49.5 Å². The van der Waals surface area contributed by atoms with Gasteiger partial charge in [0, 0.05) is 18.0 Å². The lowest BCUT2D eigenvalue weighted by Crippen LogP contribution is -2.40. The van der Waals surface area contributed by atoms with Crippen LogP contribution < -0.4 is 5.73 Å². The number of aliphatic hydroxyl groups is 1. The van der Waals surface area contributed by atoms with E-state index in [0.29, 0.717) is 18.5 Å². The first-order valence-corrected chi connectivity index (χ1v) is 6.70. The van der Waals surface area contributed by atoms with Crippen LogP contribution in [0.5, 0.6) is 0 Å². The van der Waals surface area contributed by atoms with Gasteiger partial charge in [-0.3, -0.25) is 4.90 Å². The second-order valence-corrected chi connectivity index (χ2v) is 5.68. The van der Waals surface area contributed by atoms with E-state index >= 15 is 0 Å². The molecule has 16 heavy (non-hydrogen) atoms. The van der Waals surface area contributed by atoms with Crippen molar-refractivity contribution in [3.8, 4) is 0 Å². The second-order valence-electron chi connectivity index (χ2n) is 4.70. The molecule has 1 aromatic heterocycles. The quantitative estimate of drug-likeness (QED) is 0.819. The maximum atomic E-state index is 9.27. The van der Waals surface area contributed by atoms with E-state index < -0.39 is 0 Å². The van der Waals surface area contributed by atoms with Gasteiger partial charge in [0.05, 0.1) is 12.1 Å². The Hall–Kier alpha value is -0.420. The van der Waals surface area contributed by atoms with Crippen molar-refractivity contribution in [2.24, 2.45) is 11.7 Å². The summed E-state index contributed by atoms with van der Waals surface area (Å²) >= 11 is 1.77. The summed E-state index contributed by atoms with van der Waals surface area (Å²) in [5.41, 5.74) is 5.84. The highest BCUT2D eigenvalue weighted by Gasteiger charge is 2.29. The van der Waals surface area contributed by atoms with Gasteiger partial charge in [-0.05, 0) is 37.3 Å². The molecule has 1 atom stereocenters. The lowest BCUT2D eigenvalue weighted by Gasteiger charge is -2.37. The van der Waals surface area contributed by atoms with Gasteiger partial charge in [-0.1, -0.05) is 6.07 Å². The summed E-state index contributed by atoms with van der Waals surface area (Å²) in [6, 6.07) is 4.55. The summed E-state index contributed by atoms with van der Waals surface area (Å²) in [4.78, 5) is 3.66. The highest BCUT2D eigenvalue weighted by atomic mass is 32.1. The maximum Gasteiger partial charge on any atom is 0.0561 e. The Bertz CT molecular complexity index is 309. The summed E-state index contributed by atoms with van der Waals surface area (Å²) in [6.07, 6.45) is 1.84. The van der Waals surface area contributed by atoms with Crippen molar-refractivity contribution in [3.63, 3.8) is 0 Å². The molecule has 0 saturated heterocycles. The first-order chi connectivity index (χ1) is 7.70. The standard InChI is InChI=1S/C12H20N2OS/c1-14(8-9-5-10(15)6-9)11(7-13)12-3-2-4-16-12/h2-4,9-11,15H,5-8,13H2,1H3. The zero-order valence-electron chi connectivity index (χ0n) is 9.67. The molecule has 1 fully saturated rings. The van der Waals surface area contributed by atoms with E-state index in [1.165, 1.54) is 4.88 Å². The molecule has 1 aliphatic rings. The molecule has 0 amide bonds. The number of nitrogens with zero attached hydrogens (tertiary/aromatic N) is 1. The number of hydrogen-bond acceptors (Lipinski definition) is 4. The highest BCUT2D eigenvalue weighted by Crippen LogP contribution is 2.31. The smallest absolute Gasteiger partial charge is 0.0561 e. The Balaban J connectivity index is 1.89. The molecule has 1 aliphatic carbocycles. The van der Waals surface area contributed by atoms with Crippen LogP contribution in [0.3, 0.4) is 0 Å². The van der Waals surface area contributed by atoms with Crippen molar-refractivity contribution in [2.75, 3.05) is 20.1 Å². The Morgan fingerprint density at radius 3 is 2.88 bits per heavy atom. The maximum absolute atomic E-state index is 9.27. The van der Waals surface area contributed by atoms with Crippen LogP contribution in [0.25, 0.3) is 0 Å². The Morgan fingerprint density at radius 2 is 2.38 bits per heavy atom. The van der Waals surface area contributed by atoms with Gasteiger partial charge in [0.2, 0.25) is 0 Å². The first-order valence-electron chi connectivity index (χ1n) is 5.82. The minimum atomic E-state index is -0.0588. The van der Waals surface area contributed by atoms with Gasteiger partial charge in [-0.15, -0.1) is 11.3 Å². The molecule has 0 radical (unpaired) electrons. The number of hydrogen-bond donors (Lipinski definition) is 2. The Morgan fingerprint density at radius 1 is 1.62 bits per heavy atom. The molecular weight excluding hydrogens is 220 g/mol. The summed E-state index contributed by atoms with van der Waals surface area (Å²) in [5, 5.41) is 11.4. The van der Waals surface area contributed by atoms with Crippen molar-refractivity contribution >= 4 is 11.3 Å². The van der Waals surface area contributed by atoms with E-state index in [4.69, 9.17) is 5.73 Å². The van der Waals surface area contributed by atoms with Gasteiger partial charge >= 0.3 is 0 Å². The van der Waals surface area contributed by atoms with Crippen LogP contribution in [-0.4, -0.2) is 36.2 Å². The van der Waals surface area contributed by atoms with E-state index in [1.807, 2.05) is 0 Å². The van der Waals surface area contributed by atoms with E-state index in [9.17, 15) is 5.11 Å². The van der Waals surface area contributed by atoms with Gasteiger partial charge in [-0.25, -0.2) is 0 Å². The van der Waals surface area contributed by atoms with Gasteiger partial charge in [0.15, 0.2) is 0 Å². The molecule has 1 heterocycles. The molecule has 0 spiro atoms. The van der Waals surface area contributed by atoms with Crippen LogP contribution in [-0.2, 0) is 0 Å². The molecule has 0 aliphatic heterocycles. The third-order valence-corrected chi connectivity index (χ3v) is 4.36. The van der Waals surface area contributed by atoms with Crippen LogP contribution in [0.1, 0.15) is 23.8 Å². The molecule has 3 N–H and O–H groups in total. The number of thiophene rings is 1. The number of rotatable bonds is 5. The number of aliphatic hydroxyl groups excluding tert-OH is 1. The van der Waals surface area contributed by atoms with Gasteiger partial charge in [0.25, 0.3) is 0 Å². The Labute approximate surface area is 101 Å². The fourth-order valence-electron chi connectivity index (χ4n) is 2.38. The van der Waals surface area contributed by atoms with Crippen LogP contribution in [0.2, 0.25) is 0 Å². The largest absolute Gasteiger partial charge is 0.393 e. The van der Waals surface area contributed by atoms with Crippen LogP contribution in [0.15, 0.2) is 17.5 Å². The van der Waals surface area contributed by atoms with E-state index in [0.717, 1.165) is 19.4 Å². The second kappa shape index (κ2) is 5.27. The zero-order valence-corrected chi connectivity index (χ0v) is 10.5. The molecular formula is C12H20N2OS. The molecule has 1 unspecified atom stereocenters. The lowest BCUT2D eigenvalue weighted by atomic mass is 9.82. The van der Waals surface area contributed by atoms with Crippen molar-refractivity contribution < 1.29 is 5.11 Å². The minimum Gasteiger partial charge on any atom is -0.393 e. The third kappa shape index (κ3) is 2.63. The fourth-order valence-corrected chi connectivity index (χ4v) is 3.28. The SMILES string of the molecule is CN(CC1CC(O)C1)C(CN)c1cccs1. The predicted molar refractivity (Wildman–Crippen MR) is 67.5 cm³/mol. The summed E-state index contributed by atoms with van der Waals surface area (Å²) in [7, 11) is 2.13. The first kappa shape index (κ1) is 12.0. The molecule has 0 aromatic carbocycles. The van der Waals surface area contributed by atoms with Crippen molar-refractivity contribution in [1.82, 2.24) is 4.90 Å². The molecule has 0 bridgehead atoms. The average Bonchev–Trinajstić information content (AvgIpc) is 2.70. The van der Waals surface area contributed by atoms with E-state index in [2.05, 4.69) is 29.5 Å². The average molecular weight is 240 g/mol. The van der Waals surface area contributed by atoms with Crippen LogP contribution in [0.4, 0.5) is 0 Å². The van der Waals surface area contributed by atoms with Crippen molar-refractivity contribution in [3.05, 3.63) is 22.4 Å². The fraction of sp³-hybridized carbons (Fsp3) is 0.667. The molecule has 1 saturated carbocycles. The van der Waals surface area contributed by atoms with E-state index in [1.54, 1.807) is 11.3 Å². The highest BCUT2D eigenvalue weighted by molar-refractivity contribution is 7.10. The monoisotopic (exact) mass is 240 g/mol. The van der Waals surface area contributed by atoms with E-state index in [-0.39, 0.29) is 6.10 Å². The lowest BCUT2D eigenvalue weighted by molar-refractivity contribution is 0.0226. The molecule has 1 aromatic rings. The van der Waals surface area contributed by atoms with Crippen LogP contribution in [0, 0.1) is 5.92 Å². The number of nitrogens with two attached hydrogens (primary N) is 1. The number of likely N-dealkylation sites (N-methyl/N-ethyl adjacent to an activating group) is 1. The molecule has 4 heteroatoms. The molecule has 2 rings (SSSR count). The van der Waals surface area contributed by atoms with Gasteiger partial charge in [0.1, 0.15) is 0 Å². The Kier molecular flexibility index (Phi) is 3.97. The van der Waals surface area contributed by atoms with Crippen LogP contribution >= 0.6 is 11.3 Å². The summed E-state index contributed by atoms with van der Waals surface area (Å²) in [5.74, 6) is 0.647. The normalized spacial score (nSPS) is 26.8. The minimum absolute atomic E-state index is 0.0588. The molecule has 90 valence electrons. The summed E-state index contributed by atoms with van der Waals surface area (Å²) < 4.78 is 0. The van der Waals surface area contributed by atoms with Gasteiger partial charge in [-0.2, -0.15) is 0 Å². The van der Waals surface area contributed by atoms with Crippen molar-refractivity contribution in [2.45, 2.75) is 25.0 Å². The van der Waals surface area contributed by atoms with Crippen molar-refractivity contribution in [1.29, 1.82) is 0 Å². The van der Waals surface area contributed by atoms with Gasteiger partial charge < -0.3 is 10.8 Å². The predicted octanol–water partition coefficient (Wildman–Crippen LogP) is 1.45.